The molecule has 1 aliphatic carbocycles. The lowest BCUT2D eigenvalue weighted by Gasteiger charge is -2.14. The Bertz CT molecular complexity index is 1040. The molecule has 0 unspecified atom stereocenters. The van der Waals surface area contributed by atoms with Crippen molar-refractivity contribution < 1.29 is 14.3 Å². The molecular formula is C24H20N2O3. The highest BCUT2D eigenvalue weighted by molar-refractivity contribution is 5.79. The van der Waals surface area contributed by atoms with Crippen molar-refractivity contribution in [1.29, 1.82) is 0 Å². The van der Waals surface area contributed by atoms with Crippen molar-refractivity contribution in [1.82, 2.24) is 10.3 Å². The van der Waals surface area contributed by atoms with E-state index >= 15 is 0 Å². The third-order valence-electron chi connectivity index (χ3n) is 4.85. The number of nitrogens with zero attached hydrogens (tertiary/aromatic N) is 1. The maximum atomic E-state index is 12.1. The van der Waals surface area contributed by atoms with Crippen molar-refractivity contribution in [2.75, 3.05) is 20.3 Å². The van der Waals surface area contributed by atoms with Gasteiger partial charge in [0.05, 0.1) is 19.9 Å². The molecule has 1 N–H and O–H groups in total. The van der Waals surface area contributed by atoms with E-state index in [0.717, 1.165) is 0 Å². The zero-order chi connectivity index (χ0) is 20.1. The van der Waals surface area contributed by atoms with Crippen LogP contribution in [0.5, 0.6) is 5.75 Å². The molecule has 5 heteroatoms. The molecule has 144 valence electrons. The van der Waals surface area contributed by atoms with Gasteiger partial charge >= 0.3 is 6.09 Å². The second kappa shape index (κ2) is 8.49. The van der Waals surface area contributed by atoms with Gasteiger partial charge in [0.25, 0.3) is 0 Å². The Morgan fingerprint density at radius 3 is 2.34 bits per heavy atom. The van der Waals surface area contributed by atoms with Crippen LogP contribution in [0.4, 0.5) is 4.79 Å². The fraction of sp³-hybridized carbons (Fsp3) is 0.167. The smallest absolute Gasteiger partial charge is 0.407 e. The Morgan fingerprint density at radius 2 is 1.72 bits per heavy atom. The molecule has 1 amide bonds. The van der Waals surface area contributed by atoms with E-state index in [9.17, 15) is 4.79 Å². The molecule has 1 aliphatic rings. The summed E-state index contributed by atoms with van der Waals surface area (Å²) in [5.74, 6) is 6.47. The van der Waals surface area contributed by atoms with Gasteiger partial charge in [-0.15, -0.1) is 0 Å². The average Bonchev–Trinajstić information content (AvgIpc) is 3.09. The predicted octanol–water partition coefficient (Wildman–Crippen LogP) is 3.98. The first-order chi connectivity index (χ1) is 14.3. The SMILES string of the molecule is COc1ccc(C#CCNC(=O)OCC2c3ccccc3-c3ccccc32)nc1. The number of fused-ring (bicyclic) bond motifs is 3. The summed E-state index contributed by atoms with van der Waals surface area (Å²) < 4.78 is 10.5. The van der Waals surface area contributed by atoms with E-state index in [1.54, 1.807) is 25.4 Å². The van der Waals surface area contributed by atoms with Gasteiger partial charge < -0.3 is 14.8 Å². The van der Waals surface area contributed by atoms with Crippen LogP contribution in [0.15, 0.2) is 66.9 Å². The Kier molecular flexibility index (Phi) is 5.44. The van der Waals surface area contributed by atoms with Crippen LogP contribution < -0.4 is 10.1 Å². The second-order valence-electron chi connectivity index (χ2n) is 6.56. The predicted molar refractivity (Wildman–Crippen MR) is 111 cm³/mol. The highest BCUT2D eigenvalue weighted by Crippen LogP contribution is 2.44. The lowest BCUT2D eigenvalue weighted by atomic mass is 9.98. The van der Waals surface area contributed by atoms with Crippen LogP contribution in [-0.2, 0) is 4.74 Å². The Balaban J connectivity index is 1.33. The Hall–Kier alpha value is -3.78. The molecule has 0 fully saturated rings. The molecule has 1 aromatic heterocycles. The van der Waals surface area contributed by atoms with Crippen molar-refractivity contribution in [2.24, 2.45) is 0 Å². The van der Waals surface area contributed by atoms with Crippen LogP contribution >= 0.6 is 0 Å². The number of pyridine rings is 1. The third kappa shape index (κ3) is 4.07. The fourth-order valence-corrected chi connectivity index (χ4v) is 3.48. The van der Waals surface area contributed by atoms with Gasteiger partial charge in [-0.25, -0.2) is 9.78 Å². The van der Waals surface area contributed by atoms with E-state index in [-0.39, 0.29) is 19.1 Å². The molecule has 0 saturated heterocycles. The first kappa shape index (κ1) is 18.6. The van der Waals surface area contributed by atoms with E-state index in [4.69, 9.17) is 9.47 Å². The molecule has 29 heavy (non-hydrogen) atoms. The number of carbonyl (C=O) groups is 1. The summed E-state index contributed by atoms with van der Waals surface area (Å²) in [6.45, 7) is 0.470. The van der Waals surface area contributed by atoms with E-state index in [1.165, 1.54) is 22.3 Å². The van der Waals surface area contributed by atoms with Crippen molar-refractivity contribution in [3.8, 4) is 28.7 Å². The molecule has 0 aliphatic heterocycles. The van der Waals surface area contributed by atoms with Crippen LogP contribution in [-0.4, -0.2) is 31.3 Å². The first-order valence-electron chi connectivity index (χ1n) is 9.34. The maximum absolute atomic E-state index is 12.1. The molecule has 1 heterocycles. The van der Waals surface area contributed by atoms with Crippen molar-refractivity contribution >= 4 is 6.09 Å². The van der Waals surface area contributed by atoms with E-state index in [2.05, 4.69) is 46.4 Å². The largest absolute Gasteiger partial charge is 0.495 e. The third-order valence-corrected chi connectivity index (χ3v) is 4.85. The molecule has 0 saturated carbocycles. The molecule has 0 radical (unpaired) electrons. The van der Waals surface area contributed by atoms with Crippen LogP contribution in [0.2, 0.25) is 0 Å². The van der Waals surface area contributed by atoms with Crippen molar-refractivity contribution in [2.45, 2.75) is 5.92 Å². The lowest BCUT2D eigenvalue weighted by Crippen LogP contribution is -2.26. The highest BCUT2D eigenvalue weighted by atomic mass is 16.5. The summed E-state index contributed by atoms with van der Waals surface area (Å²) in [5, 5.41) is 2.66. The molecule has 0 atom stereocenters. The number of hydrogen-bond acceptors (Lipinski definition) is 4. The van der Waals surface area contributed by atoms with Gasteiger partial charge in [0, 0.05) is 5.92 Å². The number of carbonyl (C=O) groups excluding carboxylic acids is 1. The zero-order valence-electron chi connectivity index (χ0n) is 16.0. The average molecular weight is 384 g/mol. The topological polar surface area (TPSA) is 60.5 Å². The highest BCUT2D eigenvalue weighted by Gasteiger charge is 2.28. The summed E-state index contributed by atoms with van der Waals surface area (Å²) in [7, 11) is 1.58. The van der Waals surface area contributed by atoms with Gasteiger partial charge in [-0.1, -0.05) is 54.5 Å². The number of amides is 1. The number of nitrogens with one attached hydrogen (secondary N) is 1. The number of aromatic nitrogens is 1. The molecule has 0 bridgehead atoms. The monoisotopic (exact) mass is 384 g/mol. The molecule has 3 aromatic rings. The molecule has 2 aromatic carbocycles. The summed E-state index contributed by atoms with van der Waals surface area (Å²) in [6.07, 6.45) is 1.12. The molecule has 0 spiro atoms. The molecule has 4 rings (SSSR count). The Morgan fingerprint density at radius 1 is 1.03 bits per heavy atom. The minimum atomic E-state index is -0.483. The number of benzene rings is 2. The molecular weight excluding hydrogens is 364 g/mol. The van der Waals surface area contributed by atoms with Crippen LogP contribution in [0.1, 0.15) is 22.7 Å². The number of hydrogen-bond donors (Lipinski definition) is 1. The minimum absolute atomic E-state index is 0.0442. The lowest BCUT2D eigenvalue weighted by molar-refractivity contribution is 0.144. The fourth-order valence-electron chi connectivity index (χ4n) is 3.48. The number of ether oxygens (including phenoxy) is 2. The normalized spacial score (nSPS) is 11.6. The first-order valence-corrected chi connectivity index (χ1v) is 9.34. The van der Waals surface area contributed by atoms with Crippen LogP contribution in [0, 0.1) is 11.8 Å². The number of methoxy groups -OCH3 is 1. The summed E-state index contributed by atoms with van der Waals surface area (Å²) in [5.41, 5.74) is 5.39. The van der Waals surface area contributed by atoms with Gasteiger partial charge in [0.15, 0.2) is 0 Å². The minimum Gasteiger partial charge on any atom is -0.495 e. The maximum Gasteiger partial charge on any atom is 0.407 e. The van der Waals surface area contributed by atoms with Gasteiger partial charge in [-0.2, -0.15) is 0 Å². The van der Waals surface area contributed by atoms with E-state index in [0.29, 0.717) is 11.4 Å². The summed E-state index contributed by atoms with van der Waals surface area (Å²) in [4.78, 5) is 16.2. The van der Waals surface area contributed by atoms with E-state index in [1.807, 2.05) is 24.3 Å². The molecule has 5 nitrogen and oxygen atoms in total. The van der Waals surface area contributed by atoms with Crippen molar-refractivity contribution in [3.63, 3.8) is 0 Å². The van der Waals surface area contributed by atoms with Crippen LogP contribution in [0.25, 0.3) is 11.1 Å². The van der Waals surface area contributed by atoms with Gasteiger partial charge in [-0.05, 0) is 40.3 Å². The van der Waals surface area contributed by atoms with Crippen LogP contribution in [0.3, 0.4) is 0 Å². The summed E-state index contributed by atoms with van der Waals surface area (Å²) in [6, 6.07) is 20.0. The van der Waals surface area contributed by atoms with Gasteiger partial charge in [-0.3, -0.25) is 0 Å². The van der Waals surface area contributed by atoms with E-state index < -0.39 is 6.09 Å². The summed E-state index contributed by atoms with van der Waals surface area (Å²) >= 11 is 0. The number of rotatable bonds is 4. The van der Waals surface area contributed by atoms with Gasteiger partial charge in [0.2, 0.25) is 0 Å². The quantitative estimate of drug-likeness (QED) is 0.691. The standard InChI is InChI=1S/C24H20N2O3/c1-28-18-13-12-17(26-15-18)7-6-14-25-24(27)29-16-23-21-10-4-2-8-19(21)20-9-3-5-11-22(20)23/h2-5,8-13,15,23H,14,16H2,1H3,(H,25,27). The van der Waals surface area contributed by atoms with Gasteiger partial charge in [0.1, 0.15) is 18.1 Å². The second-order valence-corrected chi connectivity index (χ2v) is 6.56. The zero-order valence-corrected chi connectivity index (χ0v) is 16.0. The van der Waals surface area contributed by atoms with Crippen molar-refractivity contribution in [3.05, 3.63) is 83.7 Å². The number of alkyl carbamates (subject to hydrolysis) is 1. The Labute approximate surface area is 169 Å².